The zero-order chi connectivity index (χ0) is 14.8. The van der Waals surface area contributed by atoms with Crippen LogP contribution in [0.5, 0.6) is 0 Å². The lowest BCUT2D eigenvalue weighted by Gasteiger charge is -2.25. The molecule has 1 aliphatic carbocycles. The van der Waals surface area contributed by atoms with Gasteiger partial charge < -0.3 is 4.90 Å². The monoisotopic (exact) mass is 286 g/mol. The van der Waals surface area contributed by atoms with E-state index in [0.29, 0.717) is 18.5 Å². The van der Waals surface area contributed by atoms with Crippen LogP contribution in [0.15, 0.2) is 24.3 Å². The van der Waals surface area contributed by atoms with Gasteiger partial charge >= 0.3 is 0 Å². The van der Waals surface area contributed by atoms with Crippen LogP contribution in [0.2, 0.25) is 0 Å². The summed E-state index contributed by atoms with van der Waals surface area (Å²) in [6, 6.07) is 9.05. The second-order valence-corrected chi connectivity index (χ2v) is 6.87. The Bertz CT molecular complexity index is 492. The molecule has 0 aromatic heterocycles. The van der Waals surface area contributed by atoms with Gasteiger partial charge in [-0.1, -0.05) is 36.8 Å². The van der Waals surface area contributed by atoms with Gasteiger partial charge in [0.25, 0.3) is 0 Å². The van der Waals surface area contributed by atoms with Gasteiger partial charge in [0.15, 0.2) is 0 Å². The maximum Gasteiger partial charge on any atom is 0.237 e. The fourth-order valence-electron chi connectivity index (χ4n) is 3.15. The Morgan fingerprint density at radius 1 is 1.24 bits per heavy atom. The van der Waals surface area contributed by atoms with Crippen LogP contribution in [0.1, 0.15) is 37.3 Å². The van der Waals surface area contributed by atoms with Gasteiger partial charge in [0.05, 0.1) is 6.54 Å². The Kier molecular flexibility index (Phi) is 4.29. The van der Waals surface area contributed by atoms with Crippen molar-refractivity contribution in [1.29, 1.82) is 0 Å². The third kappa shape index (κ3) is 3.85. The summed E-state index contributed by atoms with van der Waals surface area (Å²) in [5.74, 6) is 1.05. The van der Waals surface area contributed by atoms with Gasteiger partial charge in [0, 0.05) is 19.1 Å². The molecule has 1 atom stereocenters. The van der Waals surface area contributed by atoms with E-state index < -0.39 is 0 Å². The van der Waals surface area contributed by atoms with E-state index in [1.165, 1.54) is 30.4 Å². The highest BCUT2D eigenvalue weighted by molar-refractivity contribution is 5.79. The highest BCUT2D eigenvalue weighted by atomic mass is 16.2. The Morgan fingerprint density at radius 2 is 1.95 bits per heavy atom. The number of amides is 1. The lowest BCUT2D eigenvalue weighted by Crippen LogP contribution is -2.40. The molecule has 0 spiro atoms. The molecule has 3 heteroatoms. The molecule has 114 valence electrons. The summed E-state index contributed by atoms with van der Waals surface area (Å²) < 4.78 is 0. The first kappa shape index (κ1) is 14.6. The summed E-state index contributed by atoms with van der Waals surface area (Å²) in [4.78, 5) is 17.1. The smallest absolute Gasteiger partial charge is 0.237 e. The highest BCUT2D eigenvalue weighted by Crippen LogP contribution is 2.29. The third-order valence-electron chi connectivity index (χ3n) is 4.65. The van der Waals surface area contributed by atoms with Crippen LogP contribution >= 0.6 is 0 Å². The number of rotatable bonds is 5. The van der Waals surface area contributed by atoms with E-state index >= 15 is 0 Å². The molecule has 2 aliphatic rings. The molecule has 1 saturated heterocycles. The molecule has 1 aromatic carbocycles. The van der Waals surface area contributed by atoms with Gasteiger partial charge in [-0.2, -0.15) is 0 Å². The van der Waals surface area contributed by atoms with Crippen LogP contribution in [-0.2, 0) is 11.3 Å². The minimum atomic E-state index is 0.312. The number of carbonyl (C=O) groups excluding carboxylic acids is 1. The van der Waals surface area contributed by atoms with Gasteiger partial charge in [0.2, 0.25) is 5.91 Å². The summed E-state index contributed by atoms with van der Waals surface area (Å²) in [7, 11) is 0. The molecular weight excluding hydrogens is 260 g/mol. The lowest BCUT2D eigenvalue weighted by molar-refractivity contribution is -0.133. The van der Waals surface area contributed by atoms with Crippen molar-refractivity contribution in [2.24, 2.45) is 5.92 Å². The van der Waals surface area contributed by atoms with Crippen molar-refractivity contribution in [1.82, 2.24) is 9.80 Å². The Labute approximate surface area is 127 Å². The summed E-state index contributed by atoms with van der Waals surface area (Å²) >= 11 is 0. The molecule has 1 unspecified atom stereocenters. The Balaban J connectivity index is 1.61. The zero-order valence-electron chi connectivity index (χ0n) is 13.2. The first-order chi connectivity index (χ1) is 10.1. The van der Waals surface area contributed by atoms with Crippen LogP contribution in [0.25, 0.3) is 0 Å². The van der Waals surface area contributed by atoms with Gasteiger partial charge in [-0.15, -0.1) is 0 Å². The van der Waals surface area contributed by atoms with Crippen LogP contribution in [0.4, 0.5) is 0 Å². The van der Waals surface area contributed by atoms with Gasteiger partial charge in [-0.05, 0) is 44.2 Å². The highest BCUT2D eigenvalue weighted by Gasteiger charge is 2.33. The summed E-state index contributed by atoms with van der Waals surface area (Å²) in [6.45, 7) is 7.90. The van der Waals surface area contributed by atoms with Crippen LogP contribution in [0.3, 0.4) is 0 Å². The van der Waals surface area contributed by atoms with E-state index in [2.05, 4.69) is 47.9 Å². The predicted octanol–water partition coefficient (Wildman–Crippen LogP) is 2.83. The van der Waals surface area contributed by atoms with Crippen LogP contribution in [0, 0.1) is 12.8 Å². The van der Waals surface area contributed by atoms with Crippen molar-refractivity contribution in [3.63, 3.8) is 0 Å². The van der Waals surface area contributed by atoms with Crippen molar-refractivity contribution < 1.29 is 4.79 Å². The Morgan fingerprint density at radius 3 is 2.52 bits per heavy atom. The number of hydrogen-bond donors (Lipinski definition) is 0. The lowest BCUT2D eigenvalue weighted by atomic mass is 10.1. The second kappa shape index (κ2) is 6.18. The quantitative estimate of drug-likeness (QED) is 0.831. The van der Waals surface area contributed by atoms with E-state index in [1.807, 2.05) is 0 Å². The number of carbonyl (C=O) groups is 1. The van der Waals surface area contributed by atoms with E-state index in [9.17, 15) is 4.79 Å². The summed E-state index contributed by atoms with van der Waals surface area (Å²) in [6.07, 6.45) is 3.58. The topological polar surface area (TPSA) is 23.6 Å². The zero-order valence-corrected chi connectivity index (χ0v) is 13.2. The van der Waals surface area contributed by atoms with Crippen molar-refractivity contribution in [2.75, 3.05) is 19.6 Å². The van der Waals surface area contributed by atoms with Crippen LogP contribution < -0.4 is 0 Å². The molecule has 0 radical (unpaired) electrons. The van der Waals surface area contributed by atoms with Crippen LogP contribution in [-0.4, -0.2) is 41.4 Å². The van der Waals surface area contributed by atoms with Gasteiger partial charge in [0.1, 0.15) is 0 Å². The maximum absolute atomic E-state index is 12.6. The molecule has 0 N–H and O–H groups in total. The van der Waals surface area contributed by atoms with E-state index in [1.54, 1.807) is 0 Å². The number of hydrogen-bond acceptors (Lipinski definition) is 2. The van der Waals surface area contributed by atoms with Crippen molar-refractivity contribution in [3.8, 4) is 0 Å². The molecular formula is C18H26N2O. The van der Waals surface area contributed by atoms with Gasteiger partial charge in [-0.3, -0.25) is 9.69 Å². The van der Waals surface area contributed by atoms with Crippen molar-refractivity contribution in [2.45, 2.75) is 45.7 Å². The third-order valence-corrected chi connectivity index (χ3v) is 4.65. The molecule has 21 heavy (non-hydrogen) atoms. The summed E-state index contributed by atoms with van der Waals surface area (Å²) in [5.41, 5.74) is 2.52. The molecule has 2 fully saturated rings. The van der Waals surface area contributed by atoms with E-state index in [4.69, 9.17) is 0 Å². The Hall–Kier alpha value is -1.35. The number of nitrogens with zero attached hydrogens (tertiary/aromatic N) is 2. The molecule has 1 aliphatic heterocycles. The molecule has 1 heterocycles. The van der Waals surface area contributed by atoms with E-state index in [0.717, 1.165) is 25.6 Å². The maximum atomic E-state index is 12.6. The first-order valence-electron chi connectivity index (χ1n) is 8.19. The normalized spacial score (nSPS) is 22.5. The standard InChI is InChI=1S/C18H26N2O/c1-14-3-5-16(6-4-14)12-20(17-7-8-17)18(21)13-19-10-9-15(2)11-19/h3-6,15,17H,7-13H2,1-2H3. The fraction of sp³-hybridized carbons (Fsp3) is 0.611. The minimum absolute atomic E-state index is 0.312. The minimum Gasteiger partial charge on any atom is -0.334 e. The predicted molar refractivity (Wildman–Crippen MR) is 85.0 cm³/mol. The van der Waals surface area contributed by atoms with Gasteiger partial charge in [-0.25, -0.2) is 0 Å². The first-order valence-corrected chi connectivity index (χ1v) is 8.19. The summed E-state index contributed by atoms with van der Waals surface area (Å²) in [5, 5.41) is 0. The SMILES string of the molecule is Cc1ccc(CN(C(=O)CN2CCC(C)C2)C2CC2)cc1. The molecule has 0 bridgehead atoms. The molecule has 1 aromatic rings. The van der Waals surface area contributed by atoms with E-state index in [-0.39, 0.29) is 0 Å². The molecule has 3 nitrogen and oxygen atoms in total. The number of aryl methyl sites for hydroxylation is 1. The molecule has 1 amide bonds. The van der Waals surface area contributed by atoms with Crippen molar-refractivity contribution in [3.05, 3.63) is 35.4 Å². The van der Waals surface area contributed by atoms with Crippen molar-refractivity contribution >= 4 is 5.91 Å². The largest absolute Gasteiger partial charge is 0.334 e. The molecule has 3 rings (SSSR count). The molecule has 1 saturated carbocycles. The number of benzene rings is 1. The second-order valence-electron chi connectivity index (χ2n) is 6.87. The average molecular weight is 286 g/mol. The average Bonchev–Trinajstić information content (AvgIpc) is 3.21. The number of likely N-dealkylation sites (tertiary alicyclic amines) is 1. The fourth-order valence-corrected chi connectivity index (χ4v) is 3.15.